The Morgan fingerprint density at radius 1 is 1.23 bits per heavy atom. The molecule has 0 fully saturated rings. The van der Waals surface area contributed by atoms with Crippen molar-refractivity contribution in [1.82, 2.24) is 5.32 Å². The number of aliphatic hydroxyl groups excluding tert-OH is 1. The number of rotatable bonds is 8. The molecule has 122 valence electrons. The molecule has 0 heterocycles. The molecule has 0 aliphatic rings. The fourth-order valence-corrected chi connectivity index (χ4v) is 2.37. The summed E-state index contributed by atoms with van der Waals surface area (Å²) in [6, 6.07) is 5.77. The van der Waals surface area contributed by atoms with E-state index in [0.29, 0.717) is 12.0 Å². The number of carbonyl (C=O) groups excluding carboxylic acids is 2. The second kappa shape index (κ2) is 8.08. The van der Waals surface area contributed by atoms with Gasteiger partial charge < -0.3 is 10.4 Å². The zero-order chi connectivity index (χ0) is 16.8. The number of hydrogen-bond donors (Lipinski definition) is 2. The fraction of sp³-hybridized carbons (Fsp3) is 0.556. The molecular formula is C18H27NO3. The third kappa shape index (κ3) is 5.26. The lowest BCUT2D eigenvalue weighted by Crippen LogP contribution is -2.46. The lowest BCUT2D eigenvalue weighted by molar-refractivity contribution is -0.123. The number of benzene rings is 1. The van der Waals surface area contributed by atoms with Crippen LogP contribution in [0.3, 0.4) is 0 Å². The Hall–Kier alpha value is -1.68. The summed E-state index contributed by atoms with van der Waals surface area (Å²) in [6.07, 6.45) is 1.63. The van der Waals surface area contributed by atoms with Crippen LogP contribution in [0.15, 0.2) is 18.2 Å². The maximum Gasteiger partial charge on any atom is 0.220 e. The predicted molar refractivity (Wildman–Crippen MR) is 88.0 cm³/mol. The minimum absolute atomic E-state index is 0.00305. The molecule has 1 unspecified atom stereocenters. The zero-order valence-corrected chi connectivity index (χ0v) is 14.0. The minimum atomic E-state index is -0.409. The van der Waals surface area contributed by atoms with E-state index in [1.165, 1.54) is 0 Å². The summed E-state index contributed by atoms with van der Waals surface area (Å²) in [4.78, 5) is 24.3. The van der Waals surface area contributed by atoms with E-state index in [4.69, 9.17) is 5.11 Å². The van der Waals surface area contributed by atoms with Crippen LogP contribution in [0.1, 0.15) is 61.0 Å². The Bertz CT molecular complexity index is 539. The molecule has 0 spiro atoms. The summed E-state index contributed by atoms with van der Waals surface area (Å²) in [5.41, 5.74) is 2.27. The summed E-state index contributed by atoms with van der Waals surface area (Å²) in [5, 5.41) is 12.0. The van der Waals surface area contributed by atoms with Crippen molar-refractivity contribution in [3.05, 3.63) is 34.9 Å². The highest BCUT2D eigenvalue weighted by atomic mass is 16.3. The van der Waals surface area contributed by atoms with Crippen molar-refractivity contribution >= 4 is 11.7 Å². The summed E-state index contributed by atoms with van der Waals surface area (Å²) in [5.74, 6) is -0.145. The van der Waals surface area contributed by atoms with Gasteiger partial charge in [0.1, 0.15) is 0 Å². The Labute approximate surface area is 132 Å². The molecule has 1 rings (SSSR count). The molecule has 0 aromatic heterocycles. The standard InChI is InChI=1S/C18H27NO3/c1-5-18(4,10-11-20)19-17(22)9-8-16(21)15-12-13(2)6-7-14(15)3/h6-7,12,20H,5,8-11H2,1-4H3,(H,19,22). The van der Waals surface area contributed by atoms with Crippen LogP contribution < -0.4 is 5.32 Å². The molecule has 1 atom stereocenters. The highest BCUT2D eigenvalue weighted by Gasteiger charge is 2.23. The highest BCUT2D eigenvalue weighted by molar-refractivity contribution is 5.99. The van der Waals surface area contributed by atoms with Gasteiger partial charge in [0.2, 0.25) is 5.91 Å². The molecule has 22 heavy (non-hydrogen) atoms. The third-order valence-corrected chi connectivity index (χ3v) is 4.16. The molecule has 1 aromatic carbocycles. The lowest BCUT2D eigenvalue weighted by atomic mass is 9.94. The van der Waals surface area contributed by atoms with Crippen LogP contribution in [0.5, 0.6) is 0 Å². The van der Waals surface area contributed by atoms with Gasteiger partial charge in [0.05, 0.1) is 0 Å². The first-order valence-electron chi connectivity index (χ1n) is 7.83. The van der Waals surface area contributed by atoms with Gasteiger partial charge >= 0.3 is 0 Å². The first-order valence-corrected chi connectivity index (χ1v) is 7.83. The van der Waals surface area contributed by atoms with Gasteiger partial charge in [-0.2, -0.15) is 0 Å². The first-order chi connectivity index (χ1) is 10.3. The van der Waals surface area contributed by atoms with Crippen molar-refractivity contribution in [2.45, 2.75) is 58.9 Å². The van der Waals surface area contributed by atoms with Gasteiger partial charge in [0.25, 0.3) is 0 Å². The van der Waals surface area contributed by atoms with Crippen molar-refractivity contribution in [3.63, 3.8) is 0 Å². The van der Waals surface area contributed by atoms with Gasteiger partial charge in [-0.15, -0.1) is 0 Å². The van der Waals surface area contributed by atoms with Crippen molar-refractivity contribution in [2.24, 2.45) is 0 Å². The van der Waals surface area contributed by atoms with E-state index in [9.17, 15) is 9.59 Å². The topological polar surface area (TPSA) is 66.4 Å². The number of Topliss-reactive ketones (excluding diaryl/α,β-unsaturated/α-hetero) is 1. The molecule has 0 radical (unpaired) electrons. The van der Waals surface area contributed by atoms with Crippen LogP contribution in [0.4, 0.5) is 0 Å². The number of aliphatic hydroxyl groups is 1. The first kappa shape index (κ1) is 18.4. The van der Waals surface area contributed by atoms with Crippen LogP contribution in [-0.2, 0) is 4.79 Å². The van der Waals surface area contributed by atoms with Gasteiger partial charge in [-0.05, 0) is 45.2 Å². The third-order valence-electron chi connectivity index (χ3n) is 4.16. The van der Waals surface area contributed by atoms with E-state index in [1.54, 1.807) is 0 Å². The summed E-state index contributed by atoms with van der Waals surface area (Å²) in [7, 11) is 0. The SMILES string of the molecule is CCC(C)(CCO)NC(=O)CCC(=O)c1cc(C)ccc1C. The average molecular weight is 305 g/mol. The van der Waals surface area contributed by atoms with Crippen LogP contribution in [0.2, 0.25) is 0 Å². The lowest BCUT2D eigenvalue weighted by Gasteiger charge is -2.29. The van der Waals surface area contributed by atoms with Crippen molar-refractivity contribution in [3.8, 4) is 0 Å². The maximum atomic E-state index is 12.3. The molecule has 0 aliphatic heterocycles. The smallest absolute Gasteiger partial charge is 0.220 e. The van der Waals surface area contributed by atoms with E-state index < -0.39 is 5.54 Å². The number of aryl methyl sites for hydroxylation is 2. The molecule has 0 bridgehead atoms. The van der Waals surface area contributed by atoms with Crippen LogP contribution in [0.25, 0.3) is 0 Å². The highest BCUT2D eigenvalue weighted by Crippen LogP contribution is 2.16. The number of nitrogens with one attached hydrogen (secondary N) is 1. The molecule has 0 saturated carbocycles. The summed E-state index contributed by atoms with van der Waals surface area (Å²) >= 11 is 0. The minimum Gasteiger partial charge on any atom is -0.396 e. The number of carbonyl (C=O) groups is 2. The molecule has 4 nitrogen and oxygen atoms in total. The Morgan fingerprint density at radius 2 is 1.91 bits per heavy atom. The van der Waals surface area contributed by atoms with E-state index in [1.807, 2.05) is 45.9 Å². The second-order valence-electron chi connectivity index (χ2n) is 6.18. The fourth-order valence-electron chi connectivity index (χ4n) is 2.37. The van der Waals surface area contributed by atoms with Crippen molar-refractivity contribution in [1.29, 1.82) is 0 Å². The number of amides is 1. The summed E-state index contributed by atoms with van der Waals surface area (Å²) in [6.45, 7) is 7.77. The van der Waals surface area contributed by atoms with E-state index >= 15 is 0 Å². The molecule has 4 heteroatoms. The quantitative estimate of drug-likeness (QED) is 0.726. The van der Waals surface area contributed by atoms with E-state index in [-0.39, 0.29) is 31.1 Å². The Balaban J connectivity index is 2.60. The summed E-state index contributed by atoms with van der Waals surface area (Å²) < 4.78 is 0. The van der Waals surface area contributed by atoms with E-state index in [0.717, 1.165) is 17.5 Å². The monoisotopic (exact) mass is 305 g/mol. The van der Waals surface area contributed by atoms with Gasteiger partial charge in [-0.3, -0.25) is 9.59 Å². The Morgan fingerprint density at radius 3 is 2.50 bits per heavy atom. The Kier molecular flexibility index (Phi) is 6.75. The van der Waals surface area contributed by atoms with E-state index in [2.05, 4.69) is 5.32 Å². The molecular weight excluding hydrogens is 278 g/mol. The molecule has 0 aliphatic carbocycles. The molecule has 1 amide bonds. The predicted octanol–water partition coefficient (Wildman–Crippen LogP) is 2.93. The molecule has 2 N–H and O–H groups in total. The van der Waals surface area contributed by atoms with Gasteiger partial charge in [-0.1, -0.05) is 24.6 Å². The zero-order valence-electron chi connectivity index (χ0n) is 14.0. The van der Waals surface area contributed by atoms with Gasteiger partial charge in [0, 0.05) is 30.6 Å². The van der Waals surface area contributed by atoms with Crippen LogP contribution >= 0.6 is 0 Å². The van der Waals surface area contributed by atoms with Crippen LogP contribution in [-0.4, -0.2) is 28.9 Å². The normalized spacial score (nSPS) is 13.5. The number of hydrogen-bond acceptors (Lipinski definition) is 3. The van der Waals surface area contributed by atoms with Crippen molar-refractivity contribution in [2.75, 3.05) is 6.61 Å². The molecule has 0 saturated heterocycles. The molecule has 1 aromatic rings. The second-order valence-corrected chi connectivity index (χ2v) is 6.18. The van der Waals surface area contributed by atoms with Gasteiger partial charge in [-0.25, -0.2) is 0 Å². The van der Waals surface area contributed by atoms with Gasteiger partial charge in [0.15, 0.2) is 5.78 Å². The van der Waals surface area contributed by atoms with Crippen molar-refractivity contribution < 1.29 is 14.7 Å². The average Bonchev–Trinajstić information content (AvgIpc) is 2.47. The van der Waals surface area contributed by atoms with Crippen LogP contribution in [0, 0.1) is 13.8 Å². The largest absolute Gasteiger partial charge is 0.396 e. The maximum absolute atomic E-state index is 12.3. The number of ketones is 1.